The SMILES string of the molecule is Cc1ccc(S(=O)(=O)NC(=O)Cc2ccc(N=C3NC(=O)C(=Cc4ccc(-n5cnnn5)c(OCc5ccccc5)c4)S3)cc2)cc1.[H-].[Na+]. The summed E-state index contributed by atoms with van der Waals surface area (Å²) < 4.78 is 34.8. The fraction of sp³-hybridized carbons (Fsp3) is 0.0909. The largest absolute Gasteiger partial charge is 1.00 e. The van der Waals surface area contributed by atoms with Crippen molar-refractivity contribution in [3.8, 4) is 11.4 Å². The maximum atomic E-state index is 12.8. The molecule has 2 amide bonds. The molecule has 0 radical (unpaired) electrons. The number of tetrazole rings is 1. The first kappa shape index (κ1) is 34.7. The van der Waals surface area contributed by atoms with Crippen molar-refractivity contribution in [2.75, 3.05) is 0 Å². The van der Waals surface area contributed by atoms with Crippen LogP contribution in [-0.2, 0) is 32.6 Å². The van der Waals surface area contributed by atoms with Crippen LogP contribution in [0.4, 0.5) is 5.69 Å². The molecular weight excluding hydrogens is 662 g/mol. The van der Waals surface area contributed by atoms with Crippen molar-refractivity contribution in [1.82, 2.24) is 30.2 Å². The van der Waals surface area contributed by atoms with Gasteiger partial charge in [0.1, 0.15) is 24.4 Å². The van der Waals surface area contributed by atoms with E-state index in [1.807, 2.05) is 55.5 Å². The van der Waals surface area contributed by atoms with E-state index in [2.05, 4.69) is 30.6 Å². The average molecular weight is 690 g/mol. The van der Waals surface area contributed by atoms with E-state index in [1.165, 1.54) is 34.9 Å². The van der Waals surface area contributed by atoms with Gasteiger partial charge in [-0.3, -0.25) is 9.59 Å². The van der Waals surface area contributed by atoms with Gasteiger partial charge in [0, 0.05) is 0 Å². The summed E-state index contributed by atoms with van der Waals surface area (Å²) in [6.45, 7) is 2.18. The Morgan fingerprint density at radius 1 is 1.02 bits per heavy atom. The molecule has 2 N–H and O–H groups in total. The molecule has 0 atom stereocenters. The first-order valence-electron chi connectivity index (χ1n) is 14.3. The Hall–Kier alpha value is -4.60. The minimum atomic E-state index is -3.97. The van der Waals surface area contributed by atoms with Crippen LogP contribution in [0, 0.1) is 6.92 Å². The van der Waals surface area contributed by atoms with Crippen LogP contribution < -0.4 is 44.3 Å². The van der Waals surface area contributed by atoms with Gasteiger partial charge in [-0.15, -0.1) is 5.10 Å². The van der Waals surface area contributed by atoms with E-state index < -0.39 is 15.9 Å². The van der Waals surface area contributed by atoms with Crippen LogP contribution in [-0.4, -0.2) is 45.6 Å². The van der Waals surface area contributed by atoms with Crippen LogP contribution >= 0.6 is 11.8 Å². The van der Waals surface area contributed by atoms with E-state index in [9.17, 15) is 18.0 Å². The fourth-order valence-corrected chi connectivity index (χ4v) is 6.34. The fourth-order valence-electron chi connectivity index (χ4n) is 4.52. The van der Waals surface area contributed by atoms with E-state index in [-0.39, 0.29) is 48.2 Å². The second-order valence-corrected chi connectivity index (χ2v) is 13.1. The van der Waals surface area contributed by atoms with Crippen molar-refractivity contribution in [3.63, 3.8) is 0 Å². The summed E-state index contributed by atoms with van der Waals surface area (Å²) in [5.41, 5.74) is 4.43. The van der Waals surface area contributed by atoms with Crippen molar-refractivity contribution in [3.05, 3.63) is 131 Å². The number of amidine groups is 1. The van der Waals surface area contributed by atoms with E-state index in [0.717, 1.165) is 16.7 Å². The van der Waals surface area contributed by atoms with Gasteiger partial charge in [0.25, 0.3) is 15.9 Å². The monoisotopic (exact) mass is 689 g/mol. The molecular formula is C33H28N7NaO5S2. The first-order valence-corrected chi connectivity index (χ1v) is 16.6. The number of aryl methyl sites for hydroxylation is 1. The molecule has 1 fully saturated rings. The molecule has 4 aromatic carbocycles. The van der Waals surface area contributed by atoms with Crippen molar-refractivity contribution >= 4 is 50.5 Å². The predicted octanol–water partition coefficient (Wildman–Crippen LogP) is 1.61. The first-order chi connectivity index (χ1) is 22.7. The molecule has 0 spiro atoms. The molecule has 0 aliphatic carbocycles. The Morgan fingerprint density at radius 2 is 1.77 bits per heavy atom. The standard InChI is InChI=1S/C33H27N7O5S2.Na.H/c1-22-7-14-27(15-8-22)47(43,44)37-31(41)19-23-9-12-26(13-10-23)35-33-36-32(42)30(46-33)18-25-11-16-28(40-21-34-38-39-40)29(17-25)45-20-24-5-3-2-4-6-24;;/h2-18,21H,19-20H2,1H3,(H,37,41)(H,35,36,42);;/q;+1;-1. The third-order valence-electron chi connectivity index (χ3n) is 6.88. The molecule has 1 aliphatic heterocycles. The number of aromatic nitrogens is 4. The Kier molecular flexibility index (Phi) is 11.2. The molecule has 12 nitrogen and oxygen atoms in total. The Balaban J connectivity index is 0.00000270. The molecule has 1 saturated heterocycles. The molecule has 1 aliphatic rings. The van der Waals surface area contributed by atoms with Gasteiger partial charge >= 0.3 is 29.6 Å². The summed E-state index contributed by atoms with van der Waals surface area (Å²) in [5, 5.41) is 14.6. The minimum absolute atomic E-state index is 0. The summed E-state index contributed by atoms with van der Waals surface area (Å²) in [4.78, 5) is 30.2. The molecule has 0 unspecified atom stereocenters. The molecule has 48 heavy (non-hydrogen) atoms. The smallest absolute Gasteiger partial charge is 1.00 e. The van der Waals surface area contributed by atoms with Crippen molar-refractivity contribution in [2.45, 2.75) is 24.8 Å². The number of hydrogen-bond acceptors (Lipinski definition) is 10. The topological polar surface area (TPSA) is 158 Å². The maximum absolute atomic E-state index is 12.8. The van der Waals surface area contributed by atoms with E-state index >= 15 is 0 Å². The number of aliphatic imine (C=N–C) groups is 1. The summed E-state index contributed by atoms with van der Waals surface area (Å²) in [6.07, 6.45) is 3.08. The van der Waals surface area contributed by atoms with Gasteiger partial charge in [-0.05, 0) is 88.3 Å². The number of sulfonamides is 1. The van der Waals surface area contributed by atoms with Crippen molar-refractivity contribution in [1.29, 1.82) is 0 Å². The summed E-state index contributed by atoms with van der Waals surface area (Å²) in [5.74, 6) is -0.417. The van der Waals surface area contributed by atoms with Crippen LogP contribution in [0.5, 0.6) is 5.75 Å². The maximum Gasteiger partial charge on any atom is 1.00 e. The Morgan fingerprint density at radius 3 is 2.48 bits per heavy atom. The van der Waals surface area contributed by atoms with Crippen LogP contribution in [0.25, 0.3) is 11.8 Å². The van der Waals surface area contributed by atoms with E-state index in [1.54, 1.807) is 42.5 Å². The number of carbonyl (C=O) groups is 2. The third kappa shape index (κ3) is 8.85. The summed E-state index contributed by atoms with van der Waals surface area (Å²) >= 11 is 1.19. The molecule has 5 aromatic rings. The summed E-state index contributed by atoms with van der Waals surface area (Å²) in [7, 11) is -3.97. The normalized spacial score (nSPS) is 14.4. The molecule has 0 bridgehead atoms. The molecule has 15 heteroatoms. The third-order valence-corrected chi connectivity index (χ3v) is 9.18. The molecule has 6 rings (SSSR count). The second-order valence-electron chi connectivity index (χ2n) is 10.4. The molecule has 1 aromatic heterocycles. The van der Waals surface area contributed by atoms with Crippen LogP contribution in [0.2, 0.25) is 0 Å². The number of benzene rings is 4. The zero-order valence-corrected chi connectivity index (χ0v) is 29.5. The molecule has 0 saturated carbocycles. The Bertz CT molecular complexity index is 2100. The second kappa shape index (κ2) is 15.5. The predicted molar refractivity (Wildman–Crippen MR) is 178 cm³/mol. The van der Waals surface area contributed by atoms with E-state index in [4.69, 9.17) is 4.74 Å². The number of carbonyl (C=O) groups excluding carboxylic acids is 2. The van der Waals surface area contributed by atoms with Gasteiger partial charge in [-0.2, -0.15) is 4.68 Å². The summed E-state index contributed by atoms with van der Waals surface area (Å²) in [6, 6.07) is 28.2. The minimum Gasteiger partial charge on any atom is -1.00 e. The van der Waals surface area contributed by atoms with Crippen LogP contribution in [0.15, 0.2) is 118 Å². The van der Waals surface area contributed by atoms with Gasteiger partial charge in [0.05, 0.1) is 21.9 Å². The van der Waals surface area contributed by atoms with Gasteiger partial charge in [0.15, 0.2) is 5.17 Å². The molecule has 238 valence electrons. The number of rotatable bonds is 10. The van der Waals surface area contributed by atoms with Crippen LogP contribution in [0.3, 0.4) is 0 Å². The van der Waals surface area contributed by atoms with Crippen molar-refractivity contribution in [2.24, 2.45) is 4.99 Å². The van der Waals surface area contributed by atoms with E-state index in [0.29, 0.717) is 39.4 Å². The van der Waals surface area contributed by atoms with Gasteiger partial charge < -0.3 is 11.5 Å². The zero-order chi connectivity index (χ0) is 32.8. The number of ether oxygens (including phenoxy) is 1. The number of nitrogens with one attached hydrogen (secondary N) is 2. The number of amides is 2. The zero-order valence-electron chi connectivity index (χ0n) is 26.9. The quantitative estimate of drug-likeness (QED) is 0.164. The number of hydrogen-bond donors (Lipinski definition) is 2. The van der Waals surface area contributed by atoms with Gasteiger partial charge in [0.2, 0.25) is 5.91 Å². The number of nitrogens with zero attached hydrogens (tertiary/aromatic N) is 5. The van der Waals surface area contributed by atoms with Crippen LogP contribution in [0.1, 0.15) is 23.7 Å². The number of thioether (sulfide) groups is 1. The van der Waals surface area contributed by atoms with Gasteiger partial charge in [-0.1, -0.05) is 66.2 Å². The average Bonchev–Trinajstić information content (AvgIpc) is 3.71. The van der Waals surface area contributed by atoms with Crippen molar-refractivity contribution < 1.29 is 53.7 Å². The van der Waals surface area contributed by atoms with Gasteiger partial charge in [-0.25, -0.2) is 18.1 Å². The Labute approximate surface area is 304 Å². The molecule has 2 heterocycles.